The Morgan fingerprint density at radius 1 is 1.33 bits per heavy atom. The lowest BCUT2D eigenvalue weighted by molar-refractivity contribution is -0.137. The lowest BCUT2D eigenvalue weighted by Crippen LogP contribution is -2.37. The van der Waals surface area contributed by atoms with Gasteiger partial charge in [0.05, 0.1) is 11.4 Å². The number of amides is 1. The van der Waals surface area contributed by atoms with E-state index in [-0.39, 0.29) is 12.2 Å². The van der Waals surface area contributed by atoms with Gasteiger partial charge in [0.1, 0.15) is 6.54 Å². The number of aromatic nitrogens is 3. The number of carbonyl (C=O) groups is 2. The third-order valence-electron chi connectivity index (χ3n) is 3.46. The monoisotopic (exact) mass is 350 g/mol. The number of carbonyl (C=O) groups excluding carboxylic acids is 1. The zero-order valence-corrected chi connectivity index (χ0v) is 14.3. The number of hydrogen-bond acceptors (Lipinski definition) is 4. The smallest absolute Gasteiger partial charge is 0.323 e. The van der Waals surface area contributed by atoms with Crippen LogP contribution in [0.2, 0.25) is 5.02 Å². The molecule has 1 amide bonds. The van der Waals surface area contributed by atoms with Crippen molar-refractivity contribution < 1.29 is 14.7 Å². The Balaban J connectivity index is 2.40. The number of nitrogens with zero attached hydrogens (tertiary/aromatic N) is 4. The minimum Gasteiger partial charge on any atom is -0.480 e. The second-order valence-electron chi connectivity index (χ2n) is 5.25. The van der Waals surface area contributed by atoms with Crippen LogP contribution < -0.4 is 0 Å². The molecule has 1 N–H and O–H groups in total. The number of carboxylic acids is 1. The van der Waals surface area contributed by atoms with Gasteiger partial charge in [-0.25, -0.2) is 4.68 Å². The zero-order valence-electron chi connectivity index (χ0n) is 13.6. The Labute approximate surface area is 144 Å². The molecule has 1 heterocycles. The molecule has 0 saturated carbocycles. The fourth-order valence-corrected chi connectivity index (χ4v) is 2.62. The maximum absolute atomic E-state index is 12.7. The SMILES string of the molecule is CCCN(CC(=O)O)C(=O)c1nnn(-c2cccc(Cl)c2)c1CC. The molecule has 0 saturated heterocycles. The minimum absolute atomic E-state index is 0.173. The Bertz CT molecular complexity index is 745. The molecule has 2 rings (SSSR count). The largest absolute Gasteiger partial charge is 0.480 e. The van der Waals surface area contributed by atoms with E-state index in [0.29, 0.717) is 35.8 Å². The van der Waals surface area contributed by atoms with Gasteiger partial charge in [0, 0.05) is 11.6 Å². The summed E-state index contributed by atoms with van der Waals surface area (Å²) in [5, 5.41) is 17.6. The van der Waals surface area contributed by atoms with Crippen LogP contribution in [0.3, 0.4) is 0 Å². The van der Waals surface area contributed by atoms with Crippen LogP contribution in [0.1, 0.15) is 36.5 Å². The third-order valence-corrected chi connectivity index (χ3v) is 3.70. The van der Waals surface area contributed by atoms with Crippen molar-refractivity contribution in [3.63, 3.8) is 0 Å². The third kappa shape index (κ3) is 3.91. The molecule has 8 heteroatoms. The molecule has 7 nitrogen and oxygen atoms in total. The standard InChI is InChI=1S/C16H19ClN4O3/c1-3-8-20(10-14(22)23)16(24)15-13(4-2)21(19-18-15)12-7-5-6-11(17)9-12/h5-7,9H,3-4,8,10H2,1-2H3,(H,22,23). The summed E-state index contributed by atoms with van der Waals surface area (Å²) < 4.78 is 1.56. The van der Waals surface area contributed by atoms with E-state index in [1.165, 1.54) is 4.90 Å². The molecule has 1 aromatic heterocycles. The molecule has 0 aliphatic rings. The number of rotatable bonds is 7. The fraction of sp³-hybridized carbons (Fsp3) is 0.375. The molecule has 0 spiro atoms. The lowest BCUT2D eigenvalue weighted by Gasteiger charge is -2.19. The van der Waals surface area contributed by atoms with Gasteiger partial charge in [-0.15, -0.1) is 5.10 Å². The van der Waals surface area contributed by atoms with Crippen molar-refractivity contribution in [2.45, 2.75) is 26.7 Å². The van der Waals surface area contributed by atoms with E-state index < -0.39 is 11.9 Å². The number of aliphatic carboxylic acids is 1. The van der Waals surface area contributed by atoms with Gasteiger partial charge in [0.15, 0.2) is 5.69 Å². The van der Waals surface area contributed by atoms with Gasteiger partial charge >= 0.3 is 5.97 Å². The van der Waals surface area contributed by atoms with Gasteiger partial charge in [-0.1, -0.05) is 36.7 Å². The molecule has 0 bridgehead atoms. The Hall–Kier alpha value is -2.41. The first-order valence-corrected chi connectivity index (χ1v) is 8.07. The van der Waals surface area contributed by atoms with Crippen LogP contribution in [0, 0.1) is 0 Å². The summed E-state index contributed by atoms with van der Waals surface area (Å²) in [5.41, 5.74) is 1.49. The van der Waals surface area contributed by atoms with Crippen molar-refractivity contribution in [3.8, 4) is 5.69 Å². The van der Waals surface area contributed by atoms with Crippen molar-refractivity contribution in [3.05, 3.63) is 40.7 Å². The van der Waals surface area contributed by atoms with Gasteiger partial charge in [-0.2, -0.15) is 0 Å². The van der Waals surface area contributed by atoms with Crippen molar-refractivity contribution >= 4 is 23.5 Å². The topological polar surface area (TPSA) is 88.3 Å². The molecular formula is C16H19ClN4O3. The van der Waals surface area contributed by atoms with E-state index in [9.17, 15) is 9.59 Å². The highest BCUT2D eigenvalue weighted by Crippen LogP contribution is 2.18. The number of carboxylic acid groups (broad SMARTS) is 1. The summed E-state index contributed by atoms with van der Waals surface area (Å²) in [6.45, 7) is 3.75. The summed E-state index contributed by atoms with van der Waals surface area (Å²) in [4.78, 5) is 24.9. The predicted octanol–water partition coefficient (Wildman–Crippen LogP) is 2.42. The van der Waals surface area contributed by atoms with Crippen molar-refractivity contribution in [2.24, 2.45) is 0 Å². The van der Waals surface area contributed by atoms with Gasteiger partial charge in [0.2, 0.25) is 0 Å². The van der Waals surface area contributed by atoms with E-state index in [1.807, 2.05) is 19.9 Å². The quantitative estimate of drug-likeness (QED) is 0.828. The average Bonchev–Trinajstić information content (AvgIpc) is 2.97. The maximum Gasteiger partial charge on any atom is 0.323 e. The average molecular weight is 351 g/mol. The second-order valence-corrected chi connectivity index (χ2v) is 5.69. The predicted molar refractivity (Wildman–Crippen MR) is 89.6 cm³/mol. The molecule has 0 aliphatic carbocycles. The maximum atomic E-state index is 12.7. The molecular weight excluding hydrogens is 332 g/mol. The number of hydrogen-bond donors (Lipinski definition) is 1. The summed E-state index contributed by atoms with van der Waals surface area (Å²) in [6.07, 6.45) is 1.18. The van der Waals surface area contributed by atoms with Crippen LogP contribution in [0.25, 0.3) is 5.69 Å². The molecule has 0 unspecified atom stereocenters. The van der Waals surface area contributed by atoms with Crippen LogP contribution in [-0.4, -0.2) is 50.0 Å². The highest BCUT2D eigenvalue weighted by Gasteiger charge is 2.25. The number of halogens is 1. The van der Waals surface area contributed by atoms with Gasteiger partial charge < -0.3 is 10.0 Å². The van der Waals surface area contributed by atoms with Crippen molar-refractivity contribution in [1.29, 1.82) is 0 Å². The van der Waals surface area contributed by atoms with Crippen molar-refractivity contribution in [1.82, 2.24) is 19.9 Å². The van der Waals surface area contributed by atoms with Crippen molar-refractivity contribution in [2.75, 3.05) is 13.1 Å². The van der Waals surface area contributed by atoms with E-state index in [2.05, 4.69) is 10.3 Å². The molecule has 0 atom stereocenters. The fourth-order valence-electron chi connectivity index (χ4n) is 2.44. The van der Waals surface area contributed by atoms with Gasteiger partial charge in [-0.3, -0.25) is 9.59 Å². The normalized spacial score (nSPS) is 10.6. The molecule has 0 radical (unpaired) electrons. The Morgan fingerprint density at radius 3 is 2.67 bits per heavy atom. The summed E-state index contributed by atoms with van der Waals surface area (Å²) in [7, 11) is 0. The highest BCUT2D eigenvalue weighted by atomic mass is 35.5. The first-order chi connectivity index (χ1) is 11.5. The van der Waals surface area contributed by atoms with Gasteiger partial charge in [-0.05, 0) is 31.0 Å². The summed E-state index contributed by atoms with van der Waals surface area (Å²) in [5.74, 6) is -1.48. The van der Waals surface area contributed by atoms with E-state index in [0.717, 1.165) is 0 Å². The Kier molecular flexibility index (Phi) is 5.92. The zero-order chi connectivity index (χ0) is 17.7. The molecule has 0 fully saturated rings. The molecule has 24 heavy (non-hydrogen) atoms. The van der Waals surface area contributed by atoms with Crippen LogP contribution in [0.5, 0.6) is 0 Å². The number of benzene rings is 1. The van der Waals surface area contributed by atoms with Crippen LogP contribution in [0.15, 0.2) is 24.3 Å². The first kappa shape index (κ1) is 17.9. The molecule has 128 valence electrons. The van der Waals surface area contributed by atoms with Crippen LogP contribution in [-0.2, 0) is 11.2 Å². The van der Waals surface area contributed by atoms with E-state index >= 15 is 0 Å². The van der Waals surface area contributed by atoms with Crippen LogP contribution >= 0.6 is 11.6 Å². The Morgan fingerprint density at radius 2 is 2.08 bits per heavy atom. The molecule has 0 aliphatic heterocycles. The summed E-state index contributed by atoms with van der Waals surface area (Å²) >= 11 is 6.01. The second kappa shape index (κ2) is 7.92. The highest BCUT2D eigenvalue weighted by molar-refractivity contribution is 6.30. The van der Waals surface area contributed by atoms with Gasteiger partial charge in [0.25, 0.3) is 5.91 Å². The minimum atomic E-state index is -1.06. The summed E-state index contributed by atoms with van der Waals surface area (Å²) in [6, 6.07) is 7.07. The molecule has 1 aromatic carbocycles. The van der Waals surface area contributed by atoms with E-state index in [4.69, 9.17) is 16.7 Å². The van der Waals surface area contributed by atoms with E-state index in [1.54, 1.807) is 22.9 Å². The molecule has 2 aromatic rings. The lowest BCUT2D eigenvalue weighted by atomic mass is 10.2. The van der Waals surface area contributed by atoms with Crippen LogP contribution in [0.4, 0.5) is 0 Å². The first-order valence-electron chi connectivity index (χ1n) is 7.69.